The summed E-state index contributed by atoms with van der Waals surface area (Å²) in [6, 6.07) is 0. The van der Waals surface area contributed by atoms with E-state index in [0.29, 0.717) is 18.3 Å². The van der Waals surface area contributed by atoms with Crippen LogP contribution in [-0.2, 0) is 30.7 Å². The van der Waals surface area contributed by atoms with Crippen LogP contribution in [0.3, 0.4) is 0 Å². The first-order valence-electron chi connectivity index (χ1n) is 8.05. The number of aromatic nitrogens is 2. The lowest BCUT2D eigenvalue weighted by Crippen LogP contribution is -2.30. The van der Waals surface area contributed by atoms with Crippen molar-refractivity contribution in [2.45, 2.75) is 46.2 Å². The SMILES string of the molecule is CC(=O)Cn1c(CN(C)C)nc2sc3c(c2c1=O)CCC(C)C3. The van der Waals surface area contributed by atoms with E-state index in [0.717, 1.165) is 29.5 Å². The number of fused-ring (bicyclic) bond motifs is 3. The van der Waals surface area contributed by atoms with Gasteiger partial charge in [0.25, 0.3) is 5.56 Å². The largest absolute Gasteiger partial charge is 0.302 e. The maximum absolute atomic E-state index is 13.0. The number of rotatable bonds is 4. The van der Waals surface area contributed by atoms with Crippen LogP contribution in [0.25, 0.3) is 10.2 Å². The van der Waals surface area contributed by atoms with Gasteiger partial charge in [0.1, 0.15) is 16.4 Å². The van der Waals surface area contributed by atoms with Crippen LogP contribution >= 0.6 is 11.3 Å². The van der Waals surface area contributed by atoms with Crippen molar-refractivity contribution in [1.29, 1.82) is 0 Å². The summed E-state index contributed by atoms with van der Waals surface area (Å²) < 4.78 is 1.57. The number of nitrogens with zero attached hydrogens (tertiary/aromatic N) is 3. The van der Waals surface area contributed by atoms with E-state index in [2.05, 4.69) is 6.92 Å². The van der Waals surface area contributed by atoms with Crippen molar-refractivity contribution in [3.05, 3.63) is 26.6 Å². The molecule has 124 valence electrons. The summed E-state index contributed by atoms with van der Waals surface area (Å²) >= 11 is 1.66. The van der Waals surface area contributed by atoms with E-state index in [4.69, 9.17) is 4.98 Å². The lowest BCUT2D eigenvalue weighted by Gasteiger charge is -2.18. The Bertz CT molecular complexity index is 819. The van der Waals surface area contributed by atoms with E-state index in [1.165, 1.54) is 17.4 Å². The lowest BCUT2D eigenvalue weighted by molar-refractivity contribution is -0.117. The van der Waals surface area contributed by atoms with E-state index in [1.807, 2.05) is 19.0 Å². The van der Waals surface area contributed by atoms with Gasteiger partial charge in [-0.2, -0.15) is 0 Å². The van der Waals surface area contributed by atoms with Gasteiger partial charge in [-0.05, 0) is 51.8 Å². The highest BCUT2D eigenvalue weighted by atomic mass is 32.1. The Morgan fingerprint density at radius 2 is 2.17 bits per heavy atom. The zero-order valence-electron chi connectivity index (χ0n) is 14.2. The van der Waals surface area contributed by atoms with E-state index in [-0.39, 0.29) is 17.9 Å². The highest BCUT2D eigenvalue weighted by Crippen LogP contribution is 2.35. The molecule has 2 aromatic heterocycles. The van der Waals surface area contributed by atoms with Gasteiger partial charge in [0.15, 0.2) is 0 Å². The van der Waals surface area contributed by atoms with Crippen LogP contribution in [0.5, 0.6) is 0 Å². The number of carbonyl (C=O) groups is 1. The van der Waals surface area contributed by atoms with Crippen molar-refractivity contribution in [2.24, 2.45) is 5.92 Å². The average Bonchev–Trinajstić information content (AvgIpc) is 2.79. The van der Waals surface area contributed by atoms with Crippen LogP contribution in [0.2, 0.25) is 0 Å². The molecule has 0 aromatic carbocycles. The minimum Gasteiger partial charge on any atom is -0.302 e. The van der Waals surface area contributed by atoms with Gasteiger partial charge in [0, 0.05) is 4.88 Å². The molecule has 3 rings (SSSR count). The van der Waals surface area contributed by atoms with E-state index >= 15 is 0 Å². The topological polar surface area (TPSA) is 55.2 Å². The number of carbonyl (C=O) groups excluding carboxylic acids is 1. The molecule has 0 N–H and O–H groups in total. The Balaban J connectivity index is 2.23. The molecule has 0 bridgehead atoms. The Kier molecular flexibility index (Phi) is 4.38. The summed E-state index contributed by atoms with van der Waals surface area (Å²) in [6.45, 7) is 4.43. The second-order valence-electron chi connectivity index (χ2n) is 6.89. The summed E-state index contributed by atoms with van der Waals surface area (Å²) in [5.74, 6) is 1.32. The van der Waals surface area contributed by atoms with Crippen LogP contribution in [0.15, 0.2) is 4.79 Å². The molecule has 0 radical (unpaired) electrons. The molecule has 0 saturated heterocycles. The van der Waals surface area contributed by atoms with Gasteiger partial charge in [-0.15, -0.1) is 11.3 Å². The number of hydrogen-bond acceptors (Lipinski definition) is 5. The molecule has 0 fully saturated rings. The van der Waals surface area contributed by atoms with Gasteiger partial charge in [-0.1, -0.05) is 6.92 Å². The first kappa shape index (κ1) is 16.3. The molecule has 6 heteroatoms. The van der Waals surface area contributed by atoms with Crippen molar-refractivity contribution in [2.75, 3.05) is 14.1 Å². The van der Waals surface area contributed by atoms with Gasteiger partial charge in [-0.25, -0.2) is 4.98 Å². The molecule has 2 heterocycles. The summed E-state index contributed by atoms with van der Waals surface area (Å²) in [7, 11) is 3.88. The van der Waals surface area contributed by atoms with E-state index in [9.17, 15) is 9.59 Å². The molecule has 1 unspecified atom stereocenters. The third kappa shape index (κ3) is 3.10. The molecular weight excluding hydrogens is 310 g/mol. The molecule has 0 saturated carbocycles. The van der Waals surface area contributed by atoms with Crippen molar-refractivity contribution in [3.8, 4) is 0 Å². The van der Waals surface area contributed by atoms with Crippen LogP contribution in [-0.4, -0.2) is 34.3 Å². The van der Waals surface area contributed by atoms with Gasteiger partial charge >= 0.3 is 0 Å². The van der Waals surface area contributed by atoms with Crippen molar-refractivity contribution in [3.63, 3.8) is 0 Å². The Hall–Kier alpha value is -1.53. The van der Waals surface area contributed by atoms with E-state index < -0.39 is 0 Å². The highest BCUT2D eigenvalue weighted by Gasteiger charge is 2.24. The maximum atomic E-state index is 13.0. The van der Waals surface area contributed by atoms with Gasteiger partial charge in [-0.3, -0.25) is 14.2 Å². The zero-order valence-corrected chi connectivity index (χ0v) is 15.0. The third-order valence-electron chi connectivity index (χ3n) is 4.33. The first-order chi connectivity index (χ1) is 10.9. The minimum absolute atomic E-state index is 0.0222. The summed E-state index contributed by atoms with van der Waals surface area (Å²) in [4.78, 5) is 33.5. The molecule has 0 amide bonds. The van der Waals surface area contributed by atoms with Gasteiger partial charge < -0.3 is 4.90 Å². The van der Waals surface area contributed by atoms with Crippen molar-refractivity contribution >= 4 is 27.3 Å². The molecule has 0 aliphatic heterocycles. The van der Waals surface area contributed by atoms with Crippen molar-refractivity contribution < 1.29 is 4.79 Å². The summed E-state index contributed by atoms with van der Waals surface area (Å²) in [5.41, 5.74) is 1.13. The fourth-order valence-electron chi connectivity index (χ4n) is 3.25. The molecular formula is C17H23N3O2S. The predicted octanol–water partition coefficient (Wildman–Crippen LogP) is 2.23. The first-order valence-corrected chi connectivity index (χ1v) is 8.86. The fourth-order valence-corrected chi connectivity index (χ4v) is 4.65. The smallest absolute Gasteiger partial charge is 0.263 e. The number of Topliss-reactive ketones (excluding diaryl/α,β-unsaturated/α-hetero) is 1. The molecule has 0 spiro atoms. The summed E-state index contributed by atoms with van der Waals surface area (Å²) in [6.07, 6.45) is 3.09. The molecule has 1 aliphatic carbocycles. The molecule has 1 aliphatic rings. The maximum Gasteiger partial charge on any atom is 0.263 e. The molecule has 2 aromatic rings. The second-order valence-corrected chi connectivity index (χ2v) is 7.97. The quantitative estimate of drug-likeness (QED) is 0.861. The zero-order chi connectivity index (χ0) is 16.7. The highest BCUT2D eigenvalue weighted by molar-refractivity contribution is 7.18. The van der Waals surface area contributed by atoms with Crippen LogP contribution < -0.4 is 5.56 Å². The third-order valence-corrected chi connectivity index (χ3v) is 5.48. The van der Waals surface area contributed by atoms with Crippen LogP contribution in [0, 0.1) is 5.92 Å². The fraction of sp³-hybridized carbons (Fsp3) is 0.588. The number of thiophene rings is 1. The summed E-state index contributed by atoms with van der Waals surface area (Å²) in [5, 5.41) is 0.751. The van der Waals surface area contributed by atoms with Crippen molar-refractivity contribution in [1.82, 2.24) is 14.5 Å². The molecule has 1 atom stereocenters. The Labute approximate surface area is 139 Å². The average molecular weight is 333 g/mol. The minimum atomic E-state index is -0.0471. The molecule has 5 nitrogen and oxygen atoms in total. The Morgan fingerprint density at radius 3 is 2.83 bits per heavy atom. The Morgan fingerprint density at radius 1 is 1.43 bits per heavy atom. The van der Waals surface area contributed by atoms with Crippen LogP contribution in [0.1, 0.15) is 36.5 Å². The van der Waals surface area contributed by atoms with E-state index in [1.54, 1.807) is 15.9 Å². The standard InChI is InChI=1S/C17H23N3O2S/c1-10-5-6-12-13(7-10)23-16-15(12)17(22)20(8-11(2)21)14(18-16)9-19(3)4/h10H,5-9H2,1-4H3. The lowest BCUT2D eigenvalue weighted by atomic mass is 9.89. The number of aryl methyl sites for hydroxylation is 1. The van der Waals surface area contributed by atoms with Gasteiger partial charge in [0.2, 0.25) is 0 Å². The predicted molar refractivity (Wildman–Crippen MR) is 93.1 cm³/mol. The normalized spacial score (nSPS) is 17.7. The monoisotopic (exact) mass is 333 g/mol. The second kappa shape index (κ2) is 6.17. The molecule has 23 heavy (non-hydrogen) atoms. The van der Waals surface area contributed by atoms with Crippen LogP contribution in [0.4, 0.5) is 0 Å². The van der Waals surface area contributed by atoms with Gasteiger partial charge in [0.05, 0.1) is 18.5 Å². The number of ketones is 1. The number of hydrogen-bond donors (Lipinski definition) is 0.